The van der Waals surface area contributed by atoms with Crippen molar-refractivity contribution in [3.63, 3.8) is 0 Å². The Balaban J connectivity index is 1.47. The maximum atomic E-state index is 6.64. The monoisotopic (exact) mass is 444 g/mol. The molecule has 0 atom stereocenters. The highest BCUT2D eigenvalue weighted by Gasteiger charge is 2.16. The van der Waals surface area contributed by atoms with Gasteiger partial charge in [0.2, 0.25) is 0 Å². The number of fused-ring (bicyclic) bond motifs is 3. The molecule has 0 radical (unpaired) electrons. The smallest absolute Gasteiger partial charge is 0.139 e. The normalized spacial score (nSPS) is 11.3. The number of hydrogen-bond donors (Lipinski definition) is 0. The third-order valence-electron chi connectivity index (χ3n) is 6.29. The molecule has 2 heteroatoms. The van der Waals surface area contributed by atoms with Crippen LogP contribution in [0.2, 0.25) is 5.02 Å². The molecule has 5 aromatic carbocycles. The van der Waals surface area contributed by atoms with Gasteiger partial charge in [-0.3, -0.25) is 0 Å². The standard InChI is InChI=1S/C31H21ClO/c1-20-13-18-27(32)30-29-26(11-6-12-28(29)33-31(20)30)25-10-5-9-24(19-25)23-16-14-22(15-17-23)21-7-3-2-4-8-21/h2-19H,1H3. The molecule has 0 aliphatic rings. The van der Waals surface area contributed by atoms with Gasteiger partial charge >= 0.3 is 0 Å². The second-order valence-corrected chi connectivity index (χ2v) is 8.78. The van der Waals surface area contributed by atoms with Crippen molar-refractivity contribution in [2.75, 3.05) is 0 Å². The third-order valence-corrected chi connectivity index (χ3v) is 6.61. The summed E-state index contributed by atoms with van der Waals surface area (Å²) in [6.07, 6.45) is 0. The Kier molecular flexibility index (Phi) is 4.78. The van der Waals surface area contributed by atoms with E-state index in [0.717, 1.165) is 43.7 Å². The molecule has 33 heavy (non-hydrogen) atoms. The SMILES string of the molecule is Cc1ccc(Cl)c2c1oc1cccc(-c3cccc(-c4ccc(-c5ccccc5)cc4)c3)c12. The van der Waals surface area contributed by atoms with Crippen LogP contribution in [0, 0.1) is 6.92 Å². The molecule has 1 aromatic heterocycles. The van der Waals surface area contributed by atoms with E-state index >= 15 is 0 Å². The van der Waals surface area contributed by atoms with Gasteiger partial charge in [0, 0.05) is 10.8 Å². The van der Waals surface area contributed by atoms with E-state index in [9.17, 15) is 0 Å². The van der Waals surface area contributed by atoms with Crippen LogP contribution in [0.5, 0.6) is 0 Å². The van der Waals surface area contributed by atoms with Gasteiger partial charge in [-0.05, 0) is 64.1 Å². The summed E-state index contributed by atoms with van der Waals surface area (Å²) < 4.78 is 6.21. The van der Waals surface area contributed by atoms with E-state index in [2.05, 4.69) is 85.8 Å². The van der Waals surface area contributed by atoms with Crippen molar-refractivity contribution >= 4 is 33.5 Å². The Labute approximate surface area is 197 Å². The molecule has 1 heterocycles. The van der Waals surface area contributed by atoms with E-state index in [1.165, 1.54) is 22.3 Å². The number of furan rings is 1. The average Bonchev–Trinajstić information content (AvgIpc) is 3.28. The molecular weight excluding hydrogens is 424 g/mol. The molecule has 0 N–H and O–H groups in total. The van der Waals surface area contributed by atoms with Crippen LogP contribution in [0.3, 0.4) is 0 Å². The third kappa shape index (κ3) is 3.42. The Bertz CT molecular complexity index is 1610. The van der Waals surface area contributed by atoms with Crippen molar-refractivity contribution in [3.05, 3.63) is 120 Å². The quantitative estimate of drug-likeness (QED) is 0.265. The molecular formula is C31H21ClO. The van der Waals surface area contributed by atoms with Gasteiger partial charge in [0.15, 0.2) is 0 Å². The van der Waals surface area contributed by atoms with E-state index in [-0.39, 0.29) is 0 Å². The predicted molar refractivity (Wildman–Crippen MR) is 140 cm³/mol. The highest BCUT2D eigenvalue weighted by Crippen LogP contribution is 2.41. The van der Waals surface area contributed by atoms with Crippen LogP contribution in [0.4, 0.5) is 0 Å². The van der Waals surface area contributed by atoms with Crippen LogP contribution >= 0.6 is 11.6 Å². The fourth-order valence-corrected chi connectivity index (χ4v) is 4.85. The molecule has 0 aliphatic carbocycles. The lowest BCUT2D eigenvalue weighted by molar-refractivity contribution is 0.666. The zero-order chi connectivity index (χ0) is 22.4. The minimum absolute atomic E-state index is 0.717. The van der Waals surface area contributed by atoms with E-state index < -0.39 is 0 Å². The second kappa shape index (κ2) is 7.95. The Morgan fingerprint density at radius 3 is 1.97 bits per heavy atom. The van der Waals surface area contributed by atoms with Crippen molar-refractivity contribution < 1.29 is 4.42 Å². The molecule has 0 fully saturated rings. The van der Waals surface area contributed by atoms with Gasteiger partial charge in [-0.15, -0.1) is 0 Å². The summed E-state index contributed by atoms with van der Waals surface area (Å²) in [7, 11) is 0. The lowest BCUT2D eigenvalue weighted by Gasteiger charge is -2.09. The first kappa shape index (κ1) is 19.8. The van der Waals surface area contributed by atoms with E-state index in [0.29, 0.717) is 0 Å². The van der Waals surface area contributed by atoms with E-state index in [1.54, 1.807) is 0 Å². The number of benzene rings is 5. The van der Waals surface area contributed by atoms with Crippen molar-refractivity contribution in [1.29, 1.82) is 0 Å². The number of hydrogen-bond acceptors (Lipinski definition) is 1. The first-order valence-electron chi connectivity index (χ1n) is 11.1. The summed E-state index contributed by atoms with van der Waals surface area (Å²) in [5, 5.41) is 2.77. The average molecular weight is 445 g/mol. The molecule has 1 nitrogen and oxygen atoms in total. The Morgan fingerprint density at radius 1 is 0.545 bits per heavy atom. The predicted octanol–water partition coefficient (Wildman–Crippen LogP) is 9.55. The Morgan fingerprint density at radius 2 is 1.18 bits per heavy atom. The maximum Gasteiger partial charge on any atom is 0.139 e. The summed E-state index contributed by atoms with van der Waals surface area (Å²) in [5.74, 6) is 0. The van der Waals surface area contributed by atoms with Gasteiger partial charge in [0.05, 0.1) is 5.02 Å². The largest absolute Gasteiger partial charge is 0.456 e. The van der Waals surface area contributed by atoms with Gasteiger partial charge in [0.1, 0.15) is 11.2 Å². The van der Waals surface area contributed by atoms with Crippen molar-refractivity contribution in [2.24, 2.45) is 0 Å². The molecule has 0 amide bonds. The van der Waals surface area contributed by atoms with Crippen LogP contribution in [-0.4, -0.2) is 0 Å². The lowest BCUT2D eigenvalue weighted by atomic mass is 9.95. The molecule has 0 unspecified atom stereocenters. The summed E-state index contributed by atoms with van der Waals surface area (Å²) in [6, 6.07) is 38.0. The topological polar surface area (TPSA) is 13.1 Å². The fourth-order valence-electron chi connectivity index (χ4n) is 4.60. The number of halogens is 1. The summed E-state index contributed by atoms with van der Waals surface area (Å²) >= 11 is 6.64. The second-order valence-electron chi connectivity index (χ2n) is 8.37. The van der Waals surface area contributed by atoms with Crippen LogP contribution in [0.25, 0.3) is 55.3 Å². The molecule has 6 aromatic rings. The summed E-state index contributed by atoms with van der Waals surface area (Å²) in [4.78, 5) is 0. The van der Waals surface area contributed by atoms with Crippen LogP contribution in [-0.2, 0) is 0 Å². The fraction of sp³-hybridized carbons (Fsp3) is 0.0323. The van der Waals surface area contributed by atoms with Gasteiger partial charge in [-0.2, -0.15) is 0 Å². The first-order chi connectivity index (χ1) is 16.2. The van der Waals surface area contributed by atoms with Crippen LogP contribution in [0.15, 0.2) is 114 Å². The van der Waals surface area contributed by atoms with Crippen LogP contribution in [0.1, 0.15) is 5.56 Å². The zero-order valence-electron chi connectivity index (χ0n) is 18.2. The summed E-state index contributed by atoms with van der Waals surface area (Å²) in [5.41, 5.74) is 9.89. The lowest BCUT2D eigenvalue weighted by Crippen LogP contribution is -1.84. The Hall–Kier alpha value is -3.81. The zero-order valence-corrected chi connectivity index (χ0v) is 18.9. The molecule has 0 aliphatic heterocycles. The van der Waals surface area contributed by atoms with Gasteiger partial charge in [0.25, 0.3) is 0 Å². The molecule has 0 spiro atoms. The molecule has 6 rings (SSSR count). The minimum Gasteiger partial charge on any atom is -0.456 e. The van der Waals surface area contributed by atoms with Gasteiger partial charge < -0.3 is 4.42 Å². The highest BCUT2D eigenvalue weighted by atomic mass is 35.5. The first-order valence-corrected chi connectivity index (χ1v) is 11.4. The summed E-state index contributed by atoms with van der Waals surface area (Å²) in [6.45, 7) is 2.06. The molecule has 0 saturated carbocycles. The van der Waals surface area contributed by atoms with E-state index in [4.69, 9.17) is 16.0 Å². The number of rotatable bonds is 3. The highest BCUT2D eigenvalue weighted by molar-refractivity contribution is 6.38. The molecule has 0 saturated heterocycles. The van der Waals surface area contributed by atoms with Crippen molar-refractivity contribution in [1.82, 2.24) is 0 Å². The van der Waals surface area contributed by atoms with Gasteiger partial charge in [-0.25, -0.2) is 0 Å². The van der Waals surface area contributed by atoms with Crippen molar-refractivity contribution in [3.8, 4) is 33.4 Å². The van der Waals surface area contributed by atoms with Crippen molar-refractivity contribution in [2.45, 2.75) is 6.92 Å². The number of aryl methyl sites for hydroxylation is 1. The van der Waals surface area contributed by atoms with E-state index in [1.807, 2.05) is 30.3 Å². The van der Waals surface area contributed by atoms with Crippen LogP contribution < -0.4 is 0 Å². The minimum atomic E-state index is 0.717. The molecule has 158 valence electrons. The molecule has 0 bridgehead atoms. The maximum absolute atomic E-state index is 6.64. The van der Waals surface area contributed by atoms with Gasteiger partial charge in [-0.1, -0.05) is 103 Å².